The van der Waals surface area contributed by atoms with Crippen LogP contribution < -0.4 is 15.8 Å². The van der Waals surface area contributed by atoms with Crippen LogP contribution in [0, 0.1) is 20.8 Å². The van der Waals surface area contributed by atoms with Gasteiger partial charge in [-0.2, -0.15) is 0 Å². The van der Waals surface area contributed by atoms with Gasteiger partial charge in [-0.3, -0.25) is 14.5 Å². The number of amides is 1. The Morgan fingerprint density at radius 3 is 2.35 bits per heavy atom. The lowest BCUT2D eigenvalue weighted by Gasteiger charge is -2.37. The SMILES string of the molecule is CCN(c1cc(-c2ccc(CN3CCOCC3)cc2)cc(CC(=O)NCc2c(C)cc(C)[nH]c2=O)c1C)C1CCOCC1. The summed E-state index contributed by atoms with van der Waals surface area (Å²) < 4.78 is 11.2. The Labute approximate surface area is 255 Å². The van der Waals surface area contributed by atoms with Crippen LogP contribution in [-0.4, -0.2) is 67.9 Å². The van der Waals surface area contributed by atoms with Crippen LogP contribution >= 0.6 is 0 Å². The van der Waals surface area contributed by atoms with Gasteiger partial charge in [0.2, 0.25) is 5.91 Å². The van der Waals surface area contributed by atoms with Crippen LogP contribution in [0.3, 0.4) is 0 Å². The highest BCUT2D eigenvalue weighted by molar-refractivity contribution is 5.82. The van der Waals surface area contributed by atoms with Crippen molar-refractivity contribution in [1.82, 2.24) is 15.2 Å². The highest BCUT2D eigenvalue weighted by Crippen LogP contribution is 2.34. The highest BCUT2D eigenvalue weighted by Gasteiger charge is 2.24. The van der Waals surface area contributed by atoms with Gasteiger partial charge in [0.1, 0.15) is 0 Å². The number of aromatic amines is 1. The number of hydrogen-bond acceptors (Lipinski definition) is 6. The fourth-order valence-corrected chi connectivity index (χ4v) is 6.37. The monoisotopic (exact) mass is 586 g/mol. The third-order valence-corrected chi connectivity index (χ3v) is 8.87. The number of carbonyl (C=O) groups excluding carboxylic acids is 1. The second-order valence-electron chi connectivity index (χ2n) is 11.9. The summed E-state index contributed by atoms with van der Waals surface area (Å²) in [6.45, 7) is 15.2. The first-order valence-corrected chi connectivity index (χ1v) is 15.7. The molecule has 0 atom stereocenters. The molecule has 0 spiro atoms. The second kappa shape index (κ2) is 14.3. The standard InChI is InChI=1S/C35H46N4O4/c1-5-39(31-10-14-42-15-11-31)33-20-30(28-8-6-27(7-9-28)23-38-12-16-43-17-13-38)19-29(26(33)4)21-34(40)36-22-32-24(2)18-25(3)37-35(32)41/h6-9,18-20,31H,5,10-17,21-23H2,1-4H3,(H,36,40)(H,37,41). The van der Waals surface area contributed by atoms with Gasteiger partial charge >= 0.3 is 0 Å². The average Bonchev–Trinajstić information content (AvgIpc) is 3.00. The van der Waals surface area contributed by atoms with E-state index in [1.54, 1.807) is 0 Å². The van der Waals surface area contributed by atoms with Gasteiger partial charge in [-0.15, -0.1) is 0 Å². The first kappa shape index (κ1) is 31.0. The van der Waals surface area contributed by atoms with Crippen LogP contribution in [-0.2, 0) is 33.8 Å². The molecule has 0 unspecified atom stereocenters. The lowest BCUT2D eigenvalue weighted by Crippen LogP contribution is -2.40. The van der Waals surface area contributed by atoms with Crippen molar-refractivity contribution in [2.45, 2.75) is 66.1 Å². The molecule has 2 N–H and O–H groups in total. The third kappa shape index (κ3) is 7.74. The average molecular weight is 587 g/mol. The summed E-state index contributed by atoms with van der Waals surface area (Å²) in [6.07, 6.45) is 2.23. The van der Waals surface area contributed by atoms with Gasteiger partial charge in [0.25, 0.3) is 5.56 Å². The molecule has 1 amide bonds. The summed E-state index contributed by atoms with van der Waals surface area (Å²) >= 11 is 0. The van der Waals surface area contributed by atoms with Crippen LogP contribution in [0.1, 0.15) is 53.3 Å². The van der Waals surface area contributed by atoms with E-state index >= 15 is 0 Å². The zero-order valence-electron chi connectivity index (χ0n) is 26.1. The number of aromatic nitrogens is 1. The largest absolute Gasteiger partial charge is 0.381 e. The summed E-state index contributed by atoms with van der Waals surface area (Å²) in [5, 5.41) is 3.00. The highest BCUT2D eigenvalue weighted by atomic mass is 16.5. The molecule has 8 nitrogen and oxygen atoms in total. The van der Waals surface area contributed by atoms with Crippen molar-refractivity contribution in [1.29, 1.82) is 0 Å². The Morgan fingerprint density at radius 2 is 1.67 bits per heavy atom. The molecule has 1 aromatic heterocycles. The molecular formula is C35H46N4O4. The van der Waals surface area contributed by atoms with Crippen molar-refractivity contribution < 1.29 is 14.3 Å². The Kier molecular flexibility index (Phi) is 10.3. The summed E-state index contributed by atoms with van der Waals surface area (Å²) in [5.41, 5.74) is 8.99. The smallest absolute Gasteiger partial charge is 0.253 e. The minimum atomic E-state index is -0.148. The van der Waals surface area contributed by atoms with Crippen molar-refractivity contribution in [2.24, 2.45) is 0 Å². The number of anilines is 1. The normalized spacial score (nSPS) is 16.3. The van der Waals surface area contributed by atoms with Crippen molar-refractivity contribution in [2.75, 3.05) is 51.0 Å². The van der Waals surface area contributed by atoms with Gasteiger partial charge in [-0.1, -0.05) is 30.3 Å². The molecule has 3 aromatic rings. The number of benzene rings is 2. The number of rotatable bonds is 10. The molecule has 0 bridgehead atoms. The Bertz CT molecular complexity index is 1450. The minimum absolute atomic E-state index is 0.0967. The van der Waals surface area contributed by atoms with E-state index in [1.807, 2.05) is 19.9 Å². The number of ether oxygens (including phenoxy) is 2. The zero-order chi connectivity index (χ0) is 30.3. The fourth-order valence-electron chi connectivity index (χ4n) is 6.37. The molecule has 2 aliphatic heterocycles. The predicted octanol–water partition coefficient (Wildman–Crippen LogP) is 4.66. The molecule has 230 valence electrons. The molecule has 0 radical (unpaired) electrons. The van der Waals surface area contributed by atoms with Crippen LogP contribution in [0.2, 0.25) is 0 Å². The molecule has 3 heterocycles. The maximum absolute atomic E-state index is 13.3. The van der Waals surface area contributed by atoms with Gasteiger partial charge < -0.3 is 24.7 Å². The maximum atomic E-state index is 13.3. The molecule has 2 aliphatic rings. The molecule has 2 aromatic carbocycles. The van der Waals surface area contributed by atoms with E-state index in [1.165, 1.54) is 11.3 Å². The van der Waals surface area contributed by atoms with E-state index in [4.69, 9.17) is 9.47 Å². The number of pyridine rings is 1. The van der Waals surface area contributed by atoms with Crippen LogP contribution in [0.5, 0.6) is 0 Å². The first-order valence-electron chi connectivity index (χ1n) is 15.7. The summed E-state index contributed by atoms with van der Waals surface area (Å²) in [6, 6.07) is 15.6. The first-order chi connectivity index (χ1) is 20.8. The maximum Gasteiger partial charge on any atom is 0.253 e. The van der Waals surface area contributed by atoms with E-state index in [9.17, 15) is 9.59 Å². The molecule has 2 fully saturated rings. The van der Waals surface area contributed by atoms with E-state index < -0.39 is 0 Å². The number of H-pyrrole nitrogens is 1. The Balaban J connectivity index is 1.41. The molecule has 8 heteroatoms. The molecule has 43 heavy (non-hydrogen) atoms. The minimum Gasteiger partial charge on any atom is -0.381 e. The lowest BCUT2D eigenvalue weighted by molar-refractivity contribution is -0.120. The zero-order valence-corrected chi connectivity index (χ0v) is 26.1. The van der Waals surface area contributed by atoms with E-state index in [-0.39, 0.29) is 24.4 Å². The Morgan fingerprint density at radius 1 is 0.977 bits per heavy atom. The van der Waals surface area contributed by atoms with Gasteiger partial charge in [-0.25, -0.2) is 0 Å². The van der Waals surface area contributed by atoms with E-state index in [0.717, 1.165) is 99.0 Å². The topological polar surface area (TPSA) is 86.9 Å². The molecule has 5 rings (SSSR count). The Hall–Kier alpha value is -3.46. The van der Waals surface area contributed by atoms with Gasteiger partial charge in [0, 0.05) is 68.9 Å². The summed E-state index contributed by atoms with van der Waals surface area (Å²) in [5.74, 6) is -0.0967. The van der Waals surface area contributed by atoms with Crippen LogP contribution in [0.25, 0.3) is 11.1 Å². The van der Waals surface area contributed by atoms with Crippen molar-refractivity contribution >= 4 is 11.6 Å². The number of nitrogens with zero attached hydrogens (tertiary/aromatic N) is 2. The number of hydrogen-bond donors (Lipinski definition) is 2. The summed E-state index contributed by atoms with van der Waals surface area (Å²) in [4.78, 5) is 33.6. The lowest BCUT2D eigenvalue weighted by atomic mass is 9.93. The number of morpholine rings is 1. The third-order valence-electron chi connectivity index (χ3n) is 8.87. The quantitative estimate of drug-likeness (QED) is 0.359. The van der Waals surface area contributed by atoms with Crippen molar-refractivity contribution in [3.05, 3.63) is 86.3 Å². The van der Waals surface area contributed by atoms with E-state index in [2.05, 4.69) is 70.3 Å². The fraction of sp³-hybridized carbons (Fsp3) is 0.486. The van der Waals surface area contributed by atoms with E-state index in [0.29, 0.717) is 11.6 Å². The van der Waals surface area contributed by atoms with Gasteiger partial charge in [0.15, 0.2) is 0 Å². The molecule has 2 saturated heterocycles. The van der Waals surface area contributed by atoms with Gasteiger partial charge in [0.05, 0.1) is 19.6 Å². The molecule has 0 saturated carbocycles. The molecule has 0 aliphatic carbocycles. The van der Waals surface area contributed by atoms with Crippen molar-refractivity contribution in [3.8, 4) is 11.1 Å². The number of nitrogens with one attached hydrogen (secondary N) is 2. The van der Waals surface area contributed by atoms with Crippen LogP contribution in [0.15, 0.2) is 47.3 Å². The number of carbonyl (C=O) groups is 1. The molecular weight excluding hydrogens is 540 g/mol. The van der Waals surface area contributed by atoms with Crippen molar-refractivity contribution in [3.63, 3.8) is 0 Å². The van der Waals surface area contributed by atoms with Gasteiger partial charge in [-0.05, 0) is 86.1 Å². The number of aryl methyl sites for hydroxylation is 2. The van der Waals surface area contributed by atoms with Crippen LogP contribution in [0.4, 0.5) is 5.69 Å². The summed E-state index contributed by atoms with van der Waals surface area (Å²) in [7, 11) is 0. The second-order valence-corrected chi connectivity index (χ2v) is 11.9. The predicted molar refractivity (Wildman–Crippen MR) is 172 cm³/mol.